The van der Waals surface area contributed by atoms with E-state index in [1.807, 2.05) is 23.6 Å². The summed E-state index contributed by atoms with van der Waals surface area (Å²) in [5, 5.41) is 0.698. The van der Waals surface area contributed by atoms with Gasteiger partial charge in [0.25, 0.3) is 0 Å². The van der Waals surface area contributed by atoms with Gasteiger partial charge >= 0.3 is 0 Å². The quantitative estimate of drug-likeness (QED) is 0.818. The van der Waals surface area contributed by atoms with Crippen molar-refractivity contribution in [3.8, 4) is 0 Å². The number of ether oxygens (including phenoxy) is 1. The number of rotatable bonds is 2. The van der Waals surface area contributed by atoms with E-state index in [-0.39, 0.29) is 11.9 Å². The number of thioether (sulfide) groups is 1. The predicted molar refractivity (Wildman–Crippen MR) is 74.6 cm³/mol. The zero-order chi connectivity index (χ0) is 13.2. The first-order valence-corrected chi connectivity index (χ1v) is 8.02. The van der Waals surface area contributed by atoms with Crippen LogP contribution in [0.2, 0.25) is 0 Å². The summed E-state index contributed by atoms with van der Waals surface area (Å²) in [5.41, 5.74) is 5.52. The van der Waals surface area contributed by atoms with Gasteiger partial charge < -0.3 is 15.4 Å². The lowest BCUT2D eigenvalue weighted by Crippen LogP contribution is -2.51. The van der Waals surface area contributed by atoms with E-state index >= 15 is 0 Å². The second-order valence-corrected chi connectivity index (χ2v) is 6.76. The fourth-order valence-corrected chi connectivity index (χ4v) is 3.52. The maximum Gasteiger partial charge on any atom is 0.232 e. The molecule has 5 heteroatoms. The van der Waals surface area contributed by atoms with Gasteiger partial charge in [-0.25, -0.2) is 0 Å². The molecule has 1 amide bonds. The lowest BCUT2D eigenvalue weighted by molar-refractivity contribution is -0.141. The second kappa shape index (κ2) is 5.80. The highest BCUT2D eigenvalue weighted by atomic mass is 32.2. The molecule has 0 aromatic carbocycles. The second-order valence-electron chi connectivity index (χ2n) is 5.62. The molecule has 3 atom stereocenters. The Morgan fingerprint density at radius 2 is 2.22 bits per heavy atom. The van der Waals surface area contributed by atoms with Crippen LogP contribution >= 0.6 is 11.8 Å². The Hall–Kier alpha value is -0.260. The summed E-state index contributed by atoms with van der Waals surface area (Å²) < 4.78 is 5.38. The Morgan fingerprint density at radius 3 is 2.83 bits per heavy atom. The van der Waals surface area contributed by atoms with Crippen LogP contribution in [0, 0.1) is 5.41 Å². The Labute approximate surface area is 114 Å². The van der Waals surface area contributed by atoms with Crippen LogP contribution in [0.1, 0.15) is 26.2 Å². The first kappa shape index (κ1) is 14.2. The van der Waals surface area contributed by atoms with Crippen molar-refractivity contribution in [2.75, 3.05) is 32.6 Å². The topological polar surface area (TPSA) is 55.6 Å². The summed E-state index contributed by atoms with van der Waals surface area (Å²) in [5.74, 6) is 0.189. The van der Waals surface area contributed by atoms with E-state index in [4.69, 9.17) is 10.5 Å². The summed E-state index contributed by atoms with van der Waals surface area (Å²) in [4.78, 5) is 14.6. The molecule has 0 aromatic rings. The predicted octanol–water partition coefficient (Wildman–Crippen LogP) is 1.09. The number of hydrogen-bond acceptors (Lipinski definition) is 4. The molecule has 0 radical (unpaired) electrons. The number of hydrogen-bond donors (Lipinski definition) is 1. The van der Waals surface area contributed by atoms with Crippen LogP contribution in [0.15, 0.2) is 0 Å². The molecule has 104 valence electrons. The normalized spacial score (nSPS) is 37.6. The van der Waals surface area contributed by atoms with Crippen LogP contribution in [-0.2, 0) is 9.53 Å². The van der Waals surface area contributed by atoms with Crippen LogP contribution in [-0.4, -0.2) is 54.7 Å². The average molecular weight is 272 g/mol. The van der Waals surface area contributed by atoms with Gasteiger partial charge in [-0.05, 0) is 32.4 Å². The molecule has 2 saturated heterocycles. The van der Waals surface area contributed by atoms with E-state index < -0.39 is 5.41 Å². The number of likely N-dealkylation sites (tertiary alicyclic amines) is 1. The lowest BCUT2D eigenvalue weighted by Gasteiger charge is -2.32. The summed E-state index contributed by atoms with van der Waals surface area (Å²) in [7, 11) is 0. The van der Waals surface area contributed by atoms with Crippen LogP contribution in [0.25, 0.3) is 0 Å². The molecule has 2 aliphatic rings. The van der Waals surface area contributed by atoms with Crippen molar-refractivity contribution in [3.05, 3.63) is 0 Å². The highest BCUT2D eigenvalue weighted by Gasteiger charge is 2.46. The average Bonchev–Trinajstić information content (AvgIpc) is 2.60. The van der Waals surface area contributed by atoms with Crippen LogP contribution < -0.4 is 5.73 Å². The highest BCUT2D eigenvalue weighted by Crippen LogP contribution is 2.31. The number of nitrogens with two attached hydrogens (primary N) is 1. The van der Waals surface area contributed by atoms with E-state index in [1.165, 1.54) is 6.42 Å². The van der Waals surface area contributed by atoms with E-state index in [1.54, 1.807) is 0 Å². The van der Waals surface area contributed by atoms with Crippen molar-refractivity contribution in [2.45, 2.75) is 37.5 Å². The molecular formula is C13H24N2O2S. The van der Waals surface area contributed by atoms with Crippen LogP contribution in [0.4, 0.5) is 0 Å². The number of nitrogens with zero attached hydrogens (tertiary/aromatic N) is 1. The highest BCUT2D eigenvalue weighted by molar-refractivity contribution is 7.99. The van der Waals surface area contributed by atoms with Gasteiger partial charge in [-0.1, -0.05) is 0 Å². The van der Waals surface area contributed by atoms with E-state index in [0.29, 0.717) is 18.5 Å². The molecule has 18 heavy (non-hydrogen) atoms. The molecular weight excluding hydrogens is 248 g/mol. The zero-order valence-corrected chi connectivity index (χ0v) is 12.2. The number of carbonyl (C=O) groups excluding carboxylic acids is 1. The third-order valence-corrected chi connectivity index (χ3v) is 5.44. The summed E-state index contributed by atoms with van der Waals surface area (Å²) >= 11 is 1.92. The van der Waals surface area contributed by atoms with Crippen molar-refractivity contribution in [3.63, 3.8) is 0 Å². The molecule has 2 N–H and O–H groups in total. The molecule has 4 nitrogen and oxygen atoms in total. The minimum Gasteiger partial charge on any atom is -0.379 e. The minimum absolute atomic E-state index is 0.162. The van der Waals surface area contributed by atoms with Crippen molar-refractivity contribution in [1.29, 1.82) is 0 Å². The van der Waals surface area contributed by atoms with Crippen molar-refractivity contribution < 1.29 is 9.53 Å². The molecule has 3 unspecified atom stereocenters. The molecule has 2 aliphatic heterocycles. The molecule has 0 spiro atoms. The van der Waals surface area contributed by atoms with E-state index in [9.17, 15) is 4.79 Å². The van der Waals surface area contributed by atoms with Gasteiger partial charge in [-0.2, -0.15) is 11.8 Å². The summed E-state index contributed by atoms with van der Waals surface area (Å²) in [6, 6.07) is -0.162. The Kier molecular flexibility index (Phi) is 4.56. The standard InChI is InChI=1S/C13H24N2O2S/c1-13(9-17-8-11(13)14)12(16)15-6-3-4-10(18-2)5-7-15/h10-11H,3-9,14H2,1-2H3. The molecule has 2 rings (SSSR count). The summed E-state index contributed by atoms with van der Waals surface area (Å²) in [6.45, 7) is 4.66. The minimum atomic E-state index is -0.515. The van der Waals surface area contributed by atoms with E-state index in [0.717, 1.165) is 25.9 Å². The Bertz CT molecular complexity index is 313. The first-order valence-electron chi connectivity index (χ1n) is 6.73. The van der Waals surface area contributed by atoms with Crippen molar-refractivity contribution in [2.24, 2.45) is 11.1 Å². The van der Waals surface area contributed by atoms with Gasteiger partial charge in [0.15, 0.2) is 0 Å². The maximum absolute atomic E-state index is 12.6. The fraction of sp³-hybridized carbons (Fsp3) is 0.923. The van der Waals surface area contributed by atoms with Gasteiger partial charge in [-0.3, -0.25) is 4.79 Å². The molecule has 2 fully saturated rings. The van der Waals surface area contributed by atoms with Gasteiger partial charge in [-0.15, -0.1) is 0 Å². The van der Waals surface area contributed by atoms with Crippen LogP contribution in [0.5, 0.6) is 0 Å². The molecule has 0 bridgehead atoms. The summed E-state index contributed by atoms with van der Waals surface area (Å²) in [6.07, 6.45) is 5.57. The first-order chi connectivity index (χ1) is 8.58. The largest absolute Gasteiger partial charge is 0.379 e. The SMILES string of the molecule is CSC1CCCN(C(=O)C2(C)COCC2N)CC1. The van der Waals surface area contributed by atoms with Gasteiger partial charge in [0.1, 0.15) is 0 Å². The fourth-order valence-electron chi connectivity index (χ4n) is 2.77. The molecule has 2 heterocycles. The van der Waals surface area contributed by atoms with Crippen molar-refractivity contribution in [1.82, 2.24) is 4.90 Å². The van der Waals surface area contributed by atoms with Gasteiger partial charge in [0.05, 0.1) is 18.6 Å². The Morgan fingerprint density at radius 1 is 1.44 bits per heavy atom. The van der Waals surface area contributed by atoms with E-state index in [2.05, 4.69) is 6.26 Å². The number of carbonyl (C=O) groups is 1. The lowest BCUT2D eigenvalue weighted by atomic mass is 9.84. The maximum atomic E-state index is 12.6. The third-order valence-electron chi connectivity index (χ3n) is 4.30. The van der Waals surface area contributed by atoms with Gasteiger partial charge in [0.2, 0.25) is 5.91 Å². The molecule has 0 aliphatic carbocycles. The number of amides is 1. The molecule has 0 aromatic heterocycles. The van der Waals surface area contributed by atoms with Crippen molar-refractivity contribution >= 4 is 17.7 Å². The molecule has 0 saturated carbocycles. The van der Waals surface area contributed by atoms with Gasteiger partial charge in [0, 0.05) is 24.4 Å². The third kappa shape index (κ3) is 2.68. The Balaban J connectivity index is 2.00. The monoisotopic (exact) mass is 272 g/mol. The van der Waals surface area contributed by atoms with Crippen LogP contribution in [0.3, 0.4) is 0 Å². The zero-order valence-electron chi connectivity index (χ0n) is 11.4. The smallest absolute Gasteiger partial charge is 0.232 e.